The molecule has 1 aliphatic carbocycles. The molecule has 1 aromatic carbocycles. The number of rotatable bonds is 5. The van der Waals surface area contributed by atoms with Gasteiger partial charge in [0.15, 0.2) is 0 Å². The van der Waals surface area contributed by atoms with Gasteiger partial charge in [0, 0.05) is 12.1 Å². The molecular weight excluding hydrogens is 340 g/mol. The van der Waals surface area contributed by atoms with Crippen LogP contribution in [-0.4, -0.2) is 33.2 Å². The molecule has 1 saturated heterocycles. The number of ether oxygens (including phenoxy) is 2. The van der Waals surface area contributed by atoms with Gasteiger partial charge in [-0.1, -0.05) is 12.8 Å². The van der Waals surface area contributed by atoms with E-state index in [1.54, 1.807) is 14.2 Å². The summed E-state index contributed by atoms with van der Waals surface area (Å²) >= 11 is 0. The van der Waals surface area contributed by atoms with Crippen LogP contribution in [0, 0.1) is 11.3 Å². The highest BCUT2D eigenvalue weighted by Gasteiger charge is 2.50. The van der Waals surface area contributed by atoms with E-state index in [-0.39, 0.29) is 29.8 Å². The van der Waals surface area contributed by atoms with Gasteiger partial charge in [0.05, 0.1) is 25.7 Å². The first kappa shape index (κ1) is 19.9. The summed E-state index contributed by atoms with van der Waals surface area (Å²) in [5, 5.41) is 6.67. The fourth-order valence-corrected chi connectivity index (χ4v) is 4.29. The van der Waals surface area contributed by atoms with E-state index in [1.165, 1.54) is 6.42 Å². The molecule has 1 aromatic rings. The average Bonchev–Trinajstić information content (AvgIpc) is 3.06. The van der Waals surface area contributed by atoms with Crippen molar-refractivity contribution in [3.8, 4) is 11.5 Å². The first-order valence-electron chi connectivity index (χ1n) is 8.84. The number of fused-ring (bicyclic) bond motifs is 1. The predicted molar refractivity (Wildman–Crippen MR) is 101 cm³/mol. The summed E-state index contributed by atoms with van der Waals surface area (Å²) in [4.78, 5) is 13.1. The van der Waals surface area contributed by atoms with Gasteiger partial charge in [-0.05, 0) is 50.4 Å². The molecule has 1 aliphatic heterocycles. The van der Waals surface area contributed by atoms with E-state index < -0.39 is 0 Å². The lowest BCUT2D eigenvalue weighted by Gasteiger charge is -2.38. The maximum absolute atomic E-state index is 13.1. The predicted octanol–water partition coefficient (Wildman–Crippen LogP) is 3.08. The Balaban J connectivity index is 0.00000225. The molecule has 1 saturated carbocycles. The van der Waals surface area contributed by atoms with E-state index in [4.69, 9.17) is 9.47 Å². The highest BCUT2D eigenvalue weighted by atomic mass is 35.5. The van der Waals surface area contributed by atoms with Crippen LogP contribution in [0.3, 0.4) is 0 Å². The molecule has 1 heterocycles. The van der Waals surface area contributed by atoms with Crippen molar-refractivity contribution in [1.29, 1.82) is 0 Å². The van der Waals surface area contributed by atoms with Gasteiger partial charge >= 0.3 is 0 Å². The number of benzene rings is 1. The summed E-state index contributed by atoms with van der Waals surface area (Å²) in [7, 11) is 3.29. The van der Waals surface area contributed by atoms with Crippen molar-refractivity contribution in [2.45, 2.75) is 38.6 Å². The van der Waals surface area contributed by atoms with Crippen molar-refractivity contribution in [3.63, 3.8) is 0 Å². The lowest BCUT2D eigenvalue weighted by atomic mass is 9.67. The van der Waals surface area contributed by atoms with E-state index in [0.717, 1.165) is 49.4 Å². The van der Waals surface area contributed by atoms with Gasteiger partial charge in [-0.2, -0.15) is 0 Å². The quantitative estimate of drug-likeness (QED) is 0.838. The van der Waals surface area contributed by atoms with E-state index >= 15 is 0 Å². The molecule has 0 spiro atoms. The average molecular weight is 369 g/mol. The second kappa shape index (κ2) is 8.28. The number of nitrogens with one attached hydrogen (secondary N) is 2. The number of hydrogen-bond donors (Lipinski definition) is 2. The van der Waals surface area contributed by atoms with Gasteiger partial charge < -0.3 is 20.1 Å². The molecule has 0 aromatic heterocycles. The van der Waals surface area contributed by atoms with Gasteiger partial charge in [0.25, 0.3) is 0 Å². The minimum Gasteiger partial charge on any atom is -0.497 e. The number of hydrogen-bond acceptors (Lipinski definition) is 4. The van der Waals surface area contributed by atoms with Crippen LogP contribution < -0.4 is 20.1 Å². The van der Waals surface area contributed by atoms with Crippen LogP contribution in [0.4, 0.5) is 0 Å². The largest absolute Gasteiger partial charge is 0.497 e. The Labute approximate surface area is 156 Å². The molecule has 5 nitrogen and oxygen atoms in total. The summed E-state index contributed by atoms with van der Waals surface area (Å²) in [5.74, 6) is 2.18. The minimum atomic E-state index is -0.237. The van der Waals surface area contributed by atoms with Crippen molar-refractivity contribution in [2.75, 3.05) is 27.3 Å². The van der Waals surface area contributed by atoms with E-state index in [1.807, 2.05) is 25.1 Å². The Bertz CT molecular complexity index is 610. The van der Waals surface area contributed by atoms with Crippen LogP contribution in [0.25, 0.3) is 0 Å². The van der Waals surface area contributed by atoms with Gasteiger partial charge in [0.2, 0.25) is 5.91 Å². The SMILES string of the molecule is COc1ccc(OC)c(C(C)NC(=O)[C@@]23CCCC[C@H]2CNC3)c1.Cl. The molecule has 3 rings (SSSR count). The molecule has 1 unspecified atom stereocenters. The second-order valence-corrected chi connectivity index (χ2v) is 7.03. The molecule has 2 N–H and O–H groups in total. The standard InChI is InChI=1S/C19H28N2O3.ClH/c1-13(16-10-15(23-2)7-8-17(16)24-3)21-18(22)19-9-5-4-6-14(19)11-20-12-19;/h7-8,10,13-14,20H,4-6,9,11-12H2,1-3H3,(H,21,22);1H/t13?,14-,19+;/m0./s1. The van der Waals surface area contributed by atoms with Gasteiger partial charge in [-0.15, -0.1) is 12.4 Å². The fourth-order valence-electron chi connectivity index (χ4n) is 4.29. The van der Waals surface area contributed by atoms with E-state index in [2.05, 4.69) is 10.6 Å². The summed E-state index contributed by atoms with van der Waals surface area (Å²) in [6, 6.07) is 5.57. The summed E-state index contributed by atoms with van der Waals surface area (Å²) in [5.41, 5.74) is 0.707. The van der Waals surface area contributed by atoms with Gasteiger partial charge in [0.1, 0.15) is 11.5 Å². The summed E-state index contributed by atoms with van der Waals surface area (Å²) < 4.78 is 10.8. The summed E-state index contributed by atoms with van der Waals surface area (Å²) in [6.07, 6.45) is 4.51. The molecule has 6 heteroatoms. The third-order valence-electron chi connectivity index (χ3n) is 5.74. The first-order valence-corrected chi connectivity index (χ1v) is 8.84. The smallest absolute Gasteiger partial charge is 0.228 e. The van der Waals surface area contributed by atoms with Gasteiger partial charge in [-0.3, -0.25) is 4.79 Å². The molecule has 2 fully saturated rings. The van der Waals surface area contributed by atoms with Crippen molar-refractivity contribution in [2.24, 2.45) is 11.3 Å². The van der Waals surface area contributed by atoms with Gasteiger partial charge in [-0.25, -0.2) is 0 Å². The topological polar surface area (TPSA) is 59.6 Å². The van der Waals surface area contributed by atoms with Crippen molar-refractivity contribution < 1.29 is 14.3 Å². The first-order chi connectivity index (χ1) is 11.6. The number of methoxy groups -OCH3 is 2. The Morgan fingerprint density at radius 2 is 2.12 bits per heavy atom. The highest BCUT2D eigenvalue weighted by molar-refractivity contribution is 5.85. The van der Waals surface area contributed by atoms with Crippen LogP contribution in [0.15, 0.2) is 18.2 Å². The highest BCUT2D eigenvalue weighted by Crippen LogP contribution is 2.44. The summed E-state index contributed by atoms with van der Waals surface area (Å²) in [6.45, 7) is 3.77. The second-order valence-electron chi connectivity index (χ2n) is 7.03. The molecule has 1 amide bonds. The maximum atomic E-state index is 13.1. The normalized spacial score (nSPS) is 26.1. The van der Waals surface area contributed by atoms with E-state index in [0.29, 0.717) is 5.92 Å². The molecule has 0 radical (unpaired) electrons. The molecule has 3 atom stereocenters. The Hall–Kier alpha value is -1.46. The lowest BCUT2D eigenvalue weighted by Crippen LogP contribution is -2.48. The number of amides is 1. The Kier molecular flexibility index (Phi) is 6.58. The number of halogens is 1. The monoisotopic (exact) mass is 368 g/mol. The van der Waals surface area contributed by atoms with Crippen LogP contribution in [0.1, 0.15) is 44.2 Å². The number of carbonyl (C=O) groups is 1. The third kappa shape index (κ3) is 3.72. The van der Waals surface area contributed by atoms with Crippen molar-refractivity contribution in [1.82, 2.24) is 10.6 Å². The van der Waals surface area contributed by atoms with Crippen molar-refractivity contribution in [3.05, 3.63) is 23.8 Å². The third-order valence-corrected chi connectivity index (χ3v) is 5.74. The Morgan fingerprint density at radius 3 is 2.84 bits per heavy atom. The van der Waals surface area contributed by atoms with Crippen LogP contribution in [-0.2, 0) is 4.79 Å². The number of carbonyl (C=O) groups excluding carboxylic acids is 1. The molecule has 25 heavy (non-hydrogen) atoms. The van der Waals surface area contributed by atoms with Crippen LogP contribution in [0.2, 0.25) is 0 Å². The zero-order chi connectivity index (χ0) is 17.2. The molecular formula is C19H29ClN2O3. The minimum absolute atomic E-state index is 0. The van der Waals surface area contributed by atoms with E-state index in [9.17, 15) is 4.79 Å². The lowest BCUT2D eigenvalue weighted by molar-refractivity contribution is -0.134. The Morgan fingerprint density at radius 1 is 1.32 bits per heavy atom. The van der Waals surface area contributed by atoms with Crippen molar-refractivity contribution >= 4 is 18.3 Å². The fraction of sp³-hybridized carbons (Fsp3) is 0.632. The molecule has 2 aliphatic rings. The molecule has 0 bridgehead atoms. The van der Waals surface area contributed by atoms with Crippen LogP contribution in [0.5, 0.6) is 11.5 Å². The van der Waals surface area contributed by atoms with Crippen LogP contribution >= 0.6 is 12.4 Å². The zero-order valence-corrected chi connectivity index (χ0v) is 16.1. The maximum Gasteiger partial charge on any atom is 0.228 e. The zero-order valence-electron chi connectivity index (χ0n) is 15.3. The molecule has 140 valence electrons.